The van der Waals surface area contributed by atoms with Crippen LogP contribution in [0.25, 0.3) is 0 Å². The van der Waals surface area contributed by atoms with Crippen LogP contribution in [0.3, 0.4) is 0 Å². The van der Waals surface area contributed by atoms with Gasteiger partial charge in [0.05, 0.1) is 21.3 Å². The molecule has 26 heavy (non-hydrogen) atoms. The van der Waals surface area contributed by atoms with Gasteiger partial charge in [0.1, 0.15) is 5.56 Å². The third-order valence-corrected chi connectivity index (χ3v) is 3.49. The third kappa shape index (κ3) is 4.41. The highest BCUT2D eigenvalue weighted by Gasteiger charge is 2.22. The summed E-state index contributed by atoms with van der Waals surface area (Å²) in [6.45, 7) is 1.47. The first-order valence-corrected chi connectivity index (χ1v) is 7.73. The van der Waals surface area contributed by atoms with E-state index >= 15 is 0 Å². The number of nitrogens with one attached hydrogen (secondary N) is 1. The van der Waals surface area contributed by atoms with Crippen LogP contribution in [-0.4, -0.2) is 44.3 Å². The zero-order valence-electron chi connectivity index (χ0n) is 14.9. The van der Waals surface area contributed by atoms with Crippen molar-refractivity contribution >= 4 is 17.6 Å². The lowest BCUT2D eigenvalue weighted by molar-refractivity contribution is -0.123. The number of amides is 1. The van der Waals surface area contributed by atoms with Gasteiger partial charge in [-0.3, -0.25) is 4.79 Å². The molecule has 8 heteroatoms. The predicted molar refractivity (Wildman–Crippen MR) is 93.8 cm³/mol. The van der Waals surface area contributed by atoms with Gasteiger partial charge >= 0.3 is 5.97 Å². The highest BCUT2D eigenvalue weighted by atomic mass is 16.6. The minimum Gasteiger partial charge on any atom is -0.493 e. The number of carbonyl (C=O) groups is 2. The second-order valence-corrected chi connectivity index (χ2v) is 5.17. The number of carbonyl (C=O) groups excluding carboxylic acids is 2. The van der Waals surface area contributed by atoms with Crippen molar-refractivity contribution in [3.05, 3.63) is 42.1 Å². The van der Waals surface area contributed by atoms with Crippen molar-refractivity contribution in [1.82, 2.24) is 4.98 Å². The molecule has 0 saturated heterocycles. The molecule has 0 radical (unpaired) electrons. The highest BCUT2D eigenvalue weighted by Crippen LogP contribution is 2.29. The number of anilines is 1. The molecular weight excluding hydrogens is 340 g/mol. The molecule has 0 spiro atoms. The molecule has 2 aromatic rings. The Morgan fingerprint density at radius 3 is 2.42 bits per heavy atom. The minimum atomic E-state index is -1.03. The summed E-state index contributed by atoms with van der Waals surface area (Å²) in [7, 11) is 4.41. The Hall–Kier alpha value is -3.29. The van der Waals surface area contributed by atoms with E-state index in [0.717, 1.165) is 0 Å². The molecule has 1 amide bonds. The van der Waals surface area contributed by atoms with Gasteiger partial charge in [-0.1, -0.05) is 0 Å². The maximum atomic E-state index is 12.3. The number of ether oxygens (including phenoxy) is 4. The summed E-state index contributed by atoms with van der Waals surface area (Å²) in [5, 5.41) is 2.65. The molecule has 1 aromatic heterocycles. The van der Waals surface area contributed by atoms with Crippen LogP contribution in [0.15, 0.2) is 36.5 Å². The first-order valence-electron chi connectivity index (χ1n) is 7.73. The van der Waals surface area contributed by atoms with Crippen LogP contribution in [0.5, 0.6) is 17.4 Å². The number of pyridine rings is 1. The third-order valence-electron chi connectivity index (χ3n) is 3.49. The quantitative estimate of drug-likeness (QED) is 0.757. The zero-order valence-corrected chi connectivity index (χ0v) is 14.9. The highest BCUT2D eigenvalue weighted by molar-refractivity contribution is 5.98. The number of esters is 1. The molecule has 0 fully saturated rings. The van der Waals surface area contributed by atoms with E-state index < -0.39 is 18.0 Å². The van der Waals surface area contributed by atoms with Gasteiger partial charge in [-0.25, -0.2) is 9.78 Å². The second kappa shape index (κ2) is 8.70. The SMILES string of the molecule is COc1ccc(NC(=O)C(C)OC(=O)c2cccnc2OC)cc1OC. The van der Waals surface area contributed by atoms with Crippen molar-refractivity contribution in [2.24, 2.45) is 0 Å². The molecule has 1 aromatic carbocycles. The van der Waals surface area contributed by atoms with Gasteiger partial charge in [0.2, 0.25) is 5.88 Å². The summed E-state index contributed by atoms with van der Waals surface area (Å²) in [6, 6.07) is 8.00. The molecule has 0 aliphatic carbocycles. The number of rotatable bonds is 7. The molecule has 0 saturated carbocycles. The summed E-state index contributed by atoms with van der Waals surface area (Å²) in [6.07, 6.45) is 0.462. The average molecular weight is 360 g/mol. The Morgan fingerprint density at radius 2 is 1.77 bits per heavy atom. The molecule has 0 aliphatic heterocycles. The number of nitrogens with zero attached hydrogens (tertiary/aromatic N) is 1. The van der Waals surface area contributed by atoms with Crippen LogP contribution in [0.2, 0.25) is 0 Å². The lowest BCUT2D eigenvalue weighted by Crippen LogP contribution is -2.30. The van der Waals surface area contributed by atoms with Gasteiger partial charge in [0.15, 0.2) is 17.6 Å². The average Bonchev–Trinajstić information content (AvgIpc) is 2.67. The largest absolute Gasteiger partial charge is 0.493 e. The number of methoxy groups -OCH3 is 3. The van der Waals surface area contributed by atoms with Gasteiger partial charge in [-0.15, -0.1) is 0 Å². The van der Waals surface area contributed by atoms with Crippen LogP contribution < -0.4 is 19.5 Å². The molecule has 2 rings (SSSR count). The van der Waals surface area contributed by atoms with Gasteiger partial charge in [0.25, 0.3) is 5.91 Å². The van der Waals surface area contributed by atoms with E-state index in [4.69, 9.17) is 18.9 Å². The molecule has 1 unspecified atom stereocenters. The Bertz CT molecular complexity index is 793. The van der Waals surface area contributed by atoms with E-state index in [1.54, 1.807) is 24.3 Å². The fraction of sp³-hybridized carbons (Fsp3) is 0.278. The molecule has 1 N–H and O–H groups in total. The smallest absolute Gasteiger partial charge is 0.344 e. The summed E-state index contributed by atoms with van der Waals surface area (Å²) >= 11 is 0. The first-order chi connectivity index (χ1) is 12.5. The van der Waals surface area contributed by atoms with Gasteiger partial charge in [0, 0.05) is 18.0 Å². The zero-order chi connectivity index (χ0) is 19.1. The standard InChI is InChI=1S/C18H20N2O6/c1-11(26-18(22)13-6-5-9-19-17(13)25-4)16(21)20-12-7-8-14(23-2)15(10-12)24-3/h5-11H,1-4H3,(H,20,21). The van der Waals surface area contributed by atoms with Crippen molar-refractivity contribution in [2.75, 3.05) is 26.6 Å². The van der Waals surface area contributed by atoms with E-state index in [1.165, 1.54) is 40.5 Å². The number of hydrogen-bond donors (Lipinski definition) is 1. The molecule has 8 nitrogen and oxygen atoms in total. The fourth-order valence-corrected chi connectivity index (χ4v) is 2.14. The Labute approximate surface area is 151 Å². The number of aromatic nitrogens is 1. The molecule has 0 bridgehead atoms. The lowest BCUT2D eigenvalue weighted by atomic mass is 10.2. The maximum absolute atomic E-state index is 12.3. The van der Waals surface area contributed by atoms with E-state index in [0.29, 0.717) is 17.2 Å². The van der Waals surface area contributed by atoms with Crippen LogP contribution in [-0.2, 0) is 9.53 Å². The van der Waals surface area contributed by atoms with Crippen LogP contribution in [0.1, 0.15) is 17.3 Å². The van der Waals surface area contributed by atoms with E-state index in [1.807, 2.05) is 0 Å². The van der Waals surface area contributed by atoms with E-state index in [9.17, 15) is 9.59 Å². The summed E-state index contributed by atoms with van der Waals surface area (Å²) < 4.78 is 20.5. The van der Waals surface area contributed by atoms with Gasteiger partial charge in [-0.05, 0) is 31.2 Å². The summed E-state index contributed by atoms with van der Waals surface area (Å²) in [5.41, 5.74) is 0.621. The first kappa shape index (κ1) is 19.0. The van der Waals surface area contributed by atoms with Crippen molar-refractivity contribution < 1.29 is 28.5 Å². The normalized spacial score (nSPS) is 11.2. The molecule has 0 aliphatic rings. The molecular formula is C18H20N2O6. The number of hydrogen-bond acceptors (Lipinski definition) is 7. The number of benzene rings is 1. The van der Waals surface area contributed by atoms with Crippen molar-refractivity contribution in [3.8, 4) is 17.4 Å². The van der Waals surface area contributed by atoms with Crippen molar-refractivity contribution in [3.63, 3.8) is 0 Å². The van der Waals surface area contributed by atoms with Crippen molar-refractivity contribution in [1.29, 1.82) is 0 Å². The van der Waals surface area contributed by atoms with Crippen LogP contribution in [0.4, 0.5) is 5.69 Å². The van der Waals surface area contributed by atoms with Gasteiger partial charge < -0.3 is 24.3 Å². The Kier molecular flexibility index (Phi) is 6.37. The second-order valence-electron chi connectivity index (χ2n) is 5.17. The van der Waals surface area contributed by atoms with Gasteiger partial charge in [-0.2, -0.15) is 0 Å². The minimum absolute atomic E-state index is 0.130. The fourth-order valence-electron chi connectivity index (χ4n) is 2.14. The lowest BCUT2D eigenvalue weighted by Gasteiger charge is -2.15. The monoisotopic (exact) mass is 360 g/mol. The summed E-state index contributed by atoms with van der Waals surface area (Å²) in [4.78, 5) is 28.4. The van der Waals surface area contributed by atoms with E-state index in [2.05, 4.69) is 10.3 Å². The molecule has 1 atom stereocenters. The van der Waals surface area contributed by atoms with Crippen LogP contribution in [0, 0.1) is 0 Å². The molecule has 138 valence electrons. The Balaban J connectivity index is 2.04. The summed E-state index contributed by atoms with van der Waals surface area (Å²) in [5.74, 6) is -0.0629. The topological polar surface area (TPSA) is 96.0 Å². The Morgan fingerprint density at radius 1 is 1.04 bits per heavy atom. The predicted octanol–water partition coefficient (Wildman–Crippen LogP) is 2.29. The van der Waals surface area contributed by atoms with Crippen LogP contribution >= 0.6 is 0 Å². The van der Waals surface area contributed by atoms with E-state index in [-0.39, 0.29) is 11.4 Å². The van der Waals surface area contributed by atoms with Crippen molar-refractivity contribution in [2.45, 2.75) is 13.0 Å². The molecule has 1 heterocycles. The maximum Gasteiger partial charge on any atom is 0.344 e.